The van der Waals surface area contributed by atoms with Crippen molar-refractivity contribution in [3.8, 4) is 5.75 Å². The number of benzene rings is 2. The fourth-order valence-electron chi connectivity index (χ4n) is 7.46. The number of anilines is 2. The van der Waals surface area contributed by atoms with Crippen molar-refractivity contribution >= 4 is 29.1 Å². The summed E-state index contributed by atoms with van der Waals surface area (Å²) in [6, 6.07) is 12.3. The number of hydrogen-bond acceptors (Lipinski definition) is 6. The Morgan fingerprint density at radius 1 is 0.907 bits per heavy atom. The summed E-state index contributed by atoms with van der Waals surface area (Å²) in [4.78, 5) is 48.4. The molecule has 3 amide bonds. The molecule has 0 aliphatic carbocycles. The Balaban J connectivity index is 1.46. The van der Waals surface area contributed by atoms with Gasteiger partial charge in [0.2, 0.25) is 11.8 Å². The van der Waals surface area contributed by atoms with Crippen molar-refractivity contribution < 1.29 is 29.0 Å². The molecule has 1 unspecified atom stereocenters. The molecule has 0 radical (unpaired) electrons. The van der Waals surface area contributed by atoms with Gasteiger partial charge in [-0.1, -0.05) is 43.4 Å². The first kappa shape index (κ1) is 29.1. The molecule has 1 N–H and O–H groups in total. The summed E-state index contributed by atoms with van der Waals surface area (Å²) in [6.07, 6.45) is 8.01. The van der Waals surface area contributed by atoms with Crippen LogP contribution in [0.15, 0.2) is 66.8 Å². The monoisotopic (exact) mass is 585 g/mol. The summed E-state index contributed by atoms with van der Waals surface area (Å²) in [5.74, 6) is -1.97. The largest absolute Gasteiger partial charge is 0.494 e. The van der Waals surface area contributed by atoms with Crippen molar-refractivity contribution in [1.82, 2.24) is 4.90 Å². The predicted molar refractivity (Wildman–Crippen MR) is 163 cm³/mol. The van der Waals surface area contributed by atoms with Crippen LogP contribution in [-0.4, -0.2) is 77.8 Å². The van der Waals surface area contributed by atoms with Crippen LogP contribution < -0.4 is 14.5 Å². The summed E-state index contributed by atoms with van der Waals surface area (Å²) in [6.45, 7) is 8.59. The van der Waals surface area contributed by atoms with Crippen molar-refractivity contribution in [2.45, 2.75) is 51.4 Å². The number of carbonyl (C=O) groups excluding carboxylic acids is 3. The van der Waals surface area contributed by atoms with Gasteiger partial charge >= 0.3 is 0 Å². The Morgan fingerprint density at radius 3 is 2.33 bits per heavy atom. The number of hydrogen-bond donors (Lipinski definition) is 1. The highest BCUT2D eigenvalue weighted by Gasteiger charge is 2.75. The summed E-state index contributed by atoms with van der Waals surface area (Å²) in [7, 11) is 0. The number of nitrogens with zero attached hydrogens (tertiary/aromatic N) is 3. The number of aliphatic hydroxyl groups excluding tert-OH is 1. The Labute approximate surface area is 252 Å². The Hall–Kier alpha value is -3.95. The summed E-state index contributed by atoms with van der Waals surface area (Å²) < 4.78 is 12.6. The highest BCUT2D eigenvalue weighted by Crippen LogP contribution is 2.58. The van der Waals surface area contributed by atoms with Gasteiger partial charge in [-0.3, -0.25) is 14.4 Å². The number of aliphatic hydroxyl groups is 1. The fraction of sp³-hybridized carbons (Fsp3) is 0.441. The molecule has 43 heavy (non-hydrogen) atoms. The van der Waals surface area contributed by atoms with Crippen molar-refractivity contribution in [2.75, 3.05) is 42.6 Å². The molecule has 5 atom stereocenters. The predicted octanol–water partition coefficient (Wildman–Crippen LogP) is 3.56. The zero-order valence-electron chi connectivity index (χ0n) is 25.2. The third-order valence-electron chi connectivity index (χ3n) is 9.40. The van der Waals surface area contributed by atoms with Crippen LogP contribution in [0.5, 0.6) is 5.75 Å². The van der Waals surface area contributed by atoms with Gasteiger partial charge in [0.15, 0.2) is 0 Å². The molecule has 4 aliphatic heterocycles. The van der Waals surface area contributed by atoms with Gasteiger partial charge in [-0.2, -0.15) is 0 Å². The highest BCUT2D eigenvalue weighted by atomic mass is 16.5. The molecule has 0 aromatic heterocycles. The molecule has 4 aliphatic rings. The molecule has 6 rings (SSSR count). The van der Waals surface area contributed by atoms with Crippen LogP contribution in [0.1, 0.15) is 31.4 Å². The average molecular weight is 586 g/mol. The van der Waals surface area contributed by atoms with Crippen molar-refractivity contribution in [3.63, 3.8) is 0 Å². The number of rotatable bonds is 7. The molecule has 2 saturated heterocycles. The molecule has 4 heterocycles. The van der Waals surface area contributed by atoms with Gasteiger partial charge in [0, 0.05) is 31.0 Å². The quantitative estimate of drug-likeness (QED) is 0.499. The molecule has 0 bridgehead atoms. The van der Waals surface area contributed by atoms with E-state index in [2.05, 4.69) is 0 Å². The van der Waals surface area contributed by atoms with E-state index in [4.69, 9.17) is 9.47 Å². The molecular weight excluding hydrogens is 546 g/mol. The number of likely N-dealkylation sites (tertiary alicyclic amines) is 1. The number of amides is 3. The molecule has 0 saturated carbocycles. The standard InChI is InChI=1S/C34H39N3O6/c1-5-33-15-7-17-35(24-11-13-25(14-12-24)42-6-2)30(39)27(33)28-31(40)37(19-20-38)29-32(41)36(18-8-16-34(28,29)43-33)26-21-22(3)9-10-23(26)4/h7-16,21,27-29,38H,5-6,17-20H2,1-4H3/t27-,28+,29?,33+,34+/m1/s1. The minimum absolute atomic E-state index is 0.0379. The van der Waals surface area contributed by atoms with E-state index in [1.54, 1.807) is 9.80 Å². The maximum Gasteiger partial charge on any atom is 0.253 e. The summed E-state index contributed by atoms with van der Waals surface area (Å²) >= 11 is 0. The SMILES string of the molecule is CCOc1ccc(N2CC=C[C@]3(CC)O[C@]45C=CCN(c6cc(C)ccc6C)C(=O)C4N(CCO)C(=O)[C@@H]5[C@@H]3C2=O)cc1. The lowest BCUT2D eigenvalue weighted by molar-refractivity contribution is -0.146. The van der Waals surface area contributed by atoms with Crippen LogP contribution in [0.25, 0.3) is 0 Å². The van der Waals surface area contributed by atoms with Crippen LogP contribution in [0.3, 0.4) is 0 Å². The van der Waals surface area contributed by atoms with Crippen molar-refractivity contribution in [3.05, 3.63) is 77.9 Å². The van der Waals surface area contributed by atoms with E-state index in [1.165, 1.54) is 4.90 Å². The van der Waals surface area contributed by atoms with Crippen molar-refractivity contribution in [2.24, 2.45) is 11.8 Å². The first-order valence-corrected chi connectivity index (χ1v) is 15.1. The Kier molecular flexibility index (Phi) is 7.42. The lowest BCUT2D eigenvalue weighted by atomic mass is 9.73. The number of carbonyl (C=O) groups is 3. The fourth-order valence-corrected chi connectivity index (χ4v) is 7.46. The first-order chi connectivity index (χ1) is 20.7. The summed E-state index contributed by atoms with van der Waals surface area (Å²) in [5.41, 5.74) is 0.941. The van der Waals surface area contributed by atoms with Crippen LogP contribution in [0.4, 0.5) is 11.4 Å². The lowest BCUT2D eigenvalue weighted by Gasteiger charge is -2.38. The van der Waals surface area contributed by atoms with Gasteiger partial charge in [0.05, 0.1) is 30.7 Å². The number of ether oxygens (including phenoxy) is 2. The zero-order valence-corrected chi connectivity index (χ0v) is 25.2. The number of β-amino-alcohol motifs (C(OH)–C–C–N with tert-alkyl or cyclic N) is 1. The molecule has 2 aromatic carbocycles. The second kappa shape index (κ2) is 11.0. The average Bonchev–Trinajstić information content (AvgIpc) is 3.28. The van der Waals surface area contributed by atoms with Crippen LogP contribution in [0.2, 0.25) is 0 Å². The van der Waals surface area contributed by atoms with Gasteiger partial charge < -0.3 is 29.3 Å². The van der Waals surface area contributed by atoms with E-state index in [9.17, 15) is 19.5 Å². The van der Waals surface area contributed by atoms with Gasteiger partial charge in [-0.15, -0.1) is 0 Å². The molecule has 2 aromatic rings. The van der Waals surface area contributed by atoms with E-state index in [-0.39, 0.29) is 30.9 Å². The van der Waals surface area contributed by atoms with E-state index < -0.39 is 29.1 Å². The smallest absolute Gasteiger partial charge is 0.253 e. The maximum absolute atomic E-state index is 14.6. The van der Waals surface area contributed by atoms with Crippen LogP contribution >= 0.6 is 0 Å². The molecule has 9 nitrogen and oxygen atoms in total. The highest BCUT2D eigenvalue weighted by molar-refractivity contribution is 6.08. The maximum atomic E-state index is 14.6. The van der Waals surface area contributed by atoms with Gasteiger partial charge in [0.25, 0.3) is 5.91 Å². The van der Waals surface area contributed by atoms with E-state index >= 15 is 0 Å². The van der Waals surface area contributed by atoms with Crippen molar-refractivity contribution in [1.29, 1.82) is 0 Å². The molecule has 226 valence electrons. The number of fused-ring (bicyclic) bond motifs is 2. The minimum atomic E-state index is -1.38. The van der Waals surface area contributed by atoms with Crippen LogP contribution in [0, 0.1) is 25.7 Å². The zero-order chi connectivity index (χ0) is 30.5. The molecule has 2 fully saturated rings. The Morgan fingerprint density at radius 2 is 1.63 bits per heavy atom. The van der Waals surface area contributed by atoms with Gasteiger partial charge in [0.1, 0.15) is 17.4 Å². The van der Waals surface area contributed by atoms with Gasteiger partial charge in [-0.25, -0.2) is 0 Å². The second-order valence-corrected chi connectivity index (χ2v) is 11.8. The normalized spacial score (nSPS) is 29.8. The van der Waals surface area contributed by atoms with Crippen LogP contribution in [-0.2, 0) is 19.1 Å². The summed E-state index contributed by atoms with van der Waals surface area (Å²) in [5, 5.41) is 10.0. The minimum Gasteiger partial charge on any atom is -0.494 e. The first-order valence-electron chi connectivity index (χ1n) is 15.1. The second-order valence-electron chi connectivity index (χ2n) is 11.8. The molecule has 9 heteroatoms. The van der Waals surface area contributed by atoms with E-state index in [1.807, 2.05) is 94.5 Å². The van der Waals surface area contributed by atoms with Gasteiger partial charge in [-0.05, 0) is 68.7 Å². The van der Waals surface area contributed by atoms with E-state index in [0.29, 0.717) is 37.6 Å². The topological polar surface area (TPSA) is 99.6 Å². The molecular formula is C34H39N3O6. The Bertz CT molecular complexity index is 1500. The van der Waals surface area contributed by atoms with E-state index in [0.717, 1.165) is 16.8 Å². The molecule has 1 spiro atoms. The lowest BCUT2D eigenvalue weighted by Crippen LogP contribution is -2.56. The third-order valence-corrected chi connectivity index (χ3v) is 9.40. The number of aryl methyl sites for hydroxylation is 2. The third kappa shape index (κ3) is 4.40.